The van der Waals surface area contributed by atoms with Crippen LogP contribution in [0.2, 0.25) is 0 Å². The fourth-order valence-electron chi connectivity index (χ4n) is 0.503. The number of aromatic nitrogens is 3. The molecule has 0 aliphatic carbocycles. The fraction of sp³-hybridized carbons (Fsp3) is 0.250. The maximum Gasteiger partial charge on any atom is 0.291 e. The Morgan fingerprint density at radius 3 is 2.67 bits per heavy atom. The first-order valence-corrected chi connectivity index (χ1v) is 3.87. The van der Waals surface area contributed by atoms with Crippen LogP contribution in [0.25, 0.3) is 0 Å². The van der Waals surface area contributed by atoms with Crippen molar-refractivity contribution in [1.29, 1.82) is 0 Å². The summed E-state index contributed by atoms with van der Waals surface area (Å²) in [6.45, 7) is 0. The fourth-order valence-corrected chi connectivity index (χ4v) is 0.760. The Morgan fingerprint density at radius 1 is 1.58 bits per heavy atom. The lowest BCUT2D eigenvalue weighted by Gasteiger charge is -2.10. The van der Waals surface area contributed by atoms with Gasteiger partial charge in [0.1, 0.15) is 6.33 Å². The molecular formula is C4H3Cl3N4O. The van der Waals surface area contributed by atoms with E-state index >= 15 is 0 Å². The Labute approximate surface area is 82.4 Å². The zero-order chi connectivity index (χ0) is 9.19. The molecule has 0 atom stereocenters. The van der Waals surface area contributed by atoms with Crippen LogP contribution in [0.1, 0.15) is 10.6 Å². The summed E-state index contributed by atoms with van der Waals surface area (Å²) in [5.41, 5.74) is 0. The number of hydrogen-bond donors (Lipinski definition) is 2. The number of carbonyl (C=O) groups excluding carboxylic acids is 1. The highest BCUT2D eigenvalue weighted by Crippen LogP contribution is 2.21. The van der Waals surface area contributed by atoms with Crippen molar-refractivity contribution in [2.75, 3.05) is 0 Å². The van der Waals surface area contributed by atoms with Crippen molar-refractivity contribution < 1.29 is 4.79 Å². The summed E-state index contributed by atoms with van der Waals surface area (Å²) >= 11 is 15.8. The van der Waals surface area contributed by atoms with Crippen LogP contribution in [0.5, 0.6) is 0 Å². The molecule has 0 bridgehead atoms. The zero-order valence-electron chi connectivity index (χ0n) is 5.51. The van der Waals surface area contributed by atoms with Crippen LogP contribution < -0.4 is 5.32 Å². The average Bonchev–Trinajstić information content (AvgIpc) is 2.32. The predicted octanol–water partition coefficient (Wildman–Crippen LogP) is 0.862. The van der Waals surface area contributed by atoms with Crippen molar-refractivity contribution in [3.05, 3.63) is 12.2 Å². The molecule has 1 aromatic rings. The molecule has 0 saturated heterocycles. The van der Waals surface area contributed by atoms with E-state index in [-0.39, 0.29) is 5.82 Å². The number of hydrogen-bond acceptors (Lipinski definition) is 3. The van der Waals surface area contributed by atoms with Crippen molar-refractivity contribution in [2.45, 2.75) is 3.92 Å². The van der Waals surface area contributed by atoms with Gasteiger partial charge in [-0.2, -0.15) is 5.10 Å². The molecule has 5 nitrogen and oxygen atoms in total. The minimum Gasteiger partial charge on any atom is -0.305 e. The van der Waals surface area contributed by atoms with E-state index in [1.54, 1.807) is 0 Å². The molecule has 0 aliphatic heterocycles. The van der Waals surface area contributed by atoms with E-state index in [9.17, 15) is 4.79 Å². The molecule has 1 aromatic heterocycles. The first-order chi connectivity index (χ1) is 5.49. The maximum absolute atomic E-state index is 11.0. The molecule has 0 saturated carbocycles. The molecule has 0 radical (unpaired) electrons. The Morgan fingerprint density at radius 2 is 2.25 bits per heavy atom. The first kappa shape index (κ1) is 9.57. The van der Waals surface area contributed by atoms with Gasteiger partial charge < -0.3 is 5.32 Å². The lowest BCUT2D eigenvalue weighted by molar-refractivity contribution is 0.0943. The summed E-state index contributed by atoms with van der Waals surface area (Å²) in [6, 6.07) is 0. The molecule has 0 fully saturated rings. The van der Waals surface area contributed by atoms with Gasteiger partial charge in [0.15, 0.2) is 0 Å². The van der Waals surface area contributed by atoms with Gasteiger partial charge in [-0.25, -0.2) is 4.98 Å². The van der Waals surface area contributed by atoms with Crippen molar-refractivity contribution in [3.63, 3.8) is 0 Å². The molecule has 66 valence electrons. The van der Waals surface area contributed by atoms with Gasteiger partial charge >= 0.3 is 0 Å². The second kappa shape index (κ2) is 3.47. The van der Waals surface area contributed by atoms with Gasteiger partial charge in [-0.3, -0.25) is 9.89 Å². The average molecular weight is 229 g/mol. The van der Waals surface area contributed by atoms with E-state index in [0.717, 1.165) is 0 Å². The van der Waals surface area contributed by atoms with Gasteiger partial charge in [0.25, 0.3) is 9.82 Å². The van der Waals surface area contributed by atoms with Gasteiger partial charge in [0, 0.05) is 0 Å². The topological polar surface area (TPSA) is 70.7 Å². The highest BCUT2D eigenvalue weighted by molar-refractivity contribution is 6.67. The highest BCUT2D eigenvalue weighted by atomic mass is 35.6. The molecule has 0 aliphatic rings. The quantitative estimate of drug-likeness (QED) is 0.554. The second-order valence-corrected chi connectivity index (χ2v) is 4.07. The van der Waals surface area contributed by atoms with Crippen molar-refractivity contribution in [3.8, 4) is 0 Å². The van der Waals surface area contributed by atoms with E-state index in [1.807, 2.05) is 5.32 Å². The monoisotopic (exact) mass is 228 g/mol. The molecule has 1 rings (SSSR count). The predicted molar refractivity (Wildman–Crippen MR) is 44.1 cm³/mol. The summed E-state index contributed by atoms with van der Waals surface area (Å²) in [7, 11) is 0. The summed E-state index contributed by atoms with van der Waals surface area (Å²) in [5, 5.41) is 7.80. The smallest absolute Gasteiger partial charge is 0.291 e. The number of nitrogens with one attached hydrogen (secondary N) is 2. The largest absolute Gasteiger partial charge is 0.305 e. The van der Waals surface area contributed by atoms with E-state index < -0.39 is 9.82 Å². The number of alkyl halides is 3. The Hall–Kier alpha value is -0.520. The van der Waals surface area contributed by atoms with Crippen LogP contribution in [-0.4, -0.2) is 25.0 Å². The number of nitrogens with zero attached hydrogens (tertiary/aromatic N) is 2. The summed E-state index contributed by atoms with van der Waals surface area (Å²) in [5.74, 6) is -0.645. The third-order valence-corrected chi connectivity index (χ3v) is 1.17. The standard InChI is InChI=1S/C4H3Cl3N4O/c5-4(6,7)10-3(12)2-8-1-9-11-2/h1H,(H,10,12)(H,8,9,11). The third-order valence-electron chi connectivity index (χ3n) is 0.885. The number of carbonyl (C=O) groups is 1. The minimum atomic E-state index is -1.83. The molecule has 0 unspecified atom stereocenters. The Balaban J connectivity index is 2.63. The lowest BCUT2D eigenvalue weighted by atomic mass is 10.6. The second-order valence-electron chi connectivity index (χ2n) is 1.79. The van der Waals surface area contributed by atoms with Crippen LogP contribution in [0.3, 0.4) is 0 Å². The van der Waals surface area contributed by atoms with Gasteiger partial charge in [0.05, 0.1) is 0 Å². The van der Waals surface area contributed by atoms with Crippen LogP contribution in [0.4, 0.5) is 0 Å². The molecule has 0 aromatic carbocycles. The molecule has 1 amide bonds. The molecule has 8 heteroatoms. The van der Waals surface area contributed by atoms with Crippen LogP contribution >= 0.6 is 34.8 Å². The minimum absolute atomic E-state index is 0.0127. The number of rotatable bonds is 1. The van der Waals surface area contributed by atoms with Crippen LogP contribution in [0.15, 0.2) is 6.33 Å². The van der Waals surface area contributed by atoms with Crippen molar-refractivity contribution in [1.82, 2.24) is 20.5 Å². The number of halogens is 3. The molecular weight excluding hydrogens is 226 g/mol. The zero-order valence-corrected chi connectivity index (χ0v) is 7.78. The van der Waals surface area contributed by atoms with Crippen LogP contribution in [0, 0.1) is 0 Å². The lowest BCUT2D eigenvalue weighted by Crippen LogP contribution is -2.35. The first-order valence-electron chi connectivity index (χ1n) is 2.73. The summed E-state index contributed by atoms with van der Waals surface area (Å²) in [4.78, 5) is 14.6. The molecule has 12 heavy (non-hydrogen) atoms. The molecule has 2 N–H and O–H groups in total. The highest BCUT2D eigenvalue weighted by Gasteiger charge is 2.24. The van der Waals surface area contributed by atoms with E-state index in [2.05, 4.69) is 15.2 Å². The van der Waals surface area contributed by atoms with E-state index in [4.69, 9.17) is 34.8 Å². The van der Waals surface area contributed by atoms with Crippen molar-refractivity contribution in [2.24, 2.45) is 0 Å². The third kappa shape index (κ3) is 2.84. The van der Waals surface area contributed by atoms with E-state index in [0.29, 0.717) is 0 Å². The normalized spacial score (nSPS) is 11.2. The number of aromatic amines is 1. The molecule has 0 spiro atoms. The summed E-state index contributed by atoms with van der Waals surface area (Å²) < 4.78 is -1.83. The van der Waals surface area contributed by atoms with Gasteiger partial charge in [-0.15, -0.1) is 0 Å². The van der Waals surface area contributed by atoms with Gasteiger partial charge in [-0.1, -0.05) is 34.8 Å². The van der Waals surface area contributed by atoms with Crippen molar-refractivity contribution >= 4 is 40.7 Å². The van der Waals surface area contributed by atoms with Gasteiger partial charge in [0.2, 0.25) is 5.82 Å². The SMILES string of the molecule is O=C(NC(Cl)(Cl)Cl)c1ncn[nH]1. The Bertz CT molecular complexity index is 266. The maximum atomic E-state index is 11.0. The van der Waals surface area contributed by atoms with E-state index in [1.165, 1.54) is 6.33 Å². The van der Waals surface area contributed by atoms with Crippen LogP contribution in [-0.2, 0) is 0 Å². The number of amides is 1. The summed E-state index contributed by atoms with van der Waals surface area (Å²) in [6.07, 6.45) is 1.17. The van der Waals surface area contributed by atoms with Gasteiger partial charge in [-0.05, 0) is 0 Å². The Kier molecular flexibility index (Phi) is 2.76. The molecule has 1 heterocycles. The number of H-pyrrole nitrogens is 1.